The van der Waals surface area contributed by atoms with E-state index in [-0.39, 0.29) is 0 Å². The highest BCUT2D eigenvalue weighted by molar-refractivity contribution is 8.22. The molecule has 18 heavy (non-hydrogen) atoms. The molecule has 0 unspecified atom stereocenters. The summed E-state index contributed by atoms with van der Waals surface area (Å²) in [7, 11) is -1.58. The number of rotatable bonds is 4. The first-order chi connectivity index (χ1) is 8.15. The van der Waals surface area contributed by atoms with Crippen molar-refractivity contribution in [3.05, 3.63) is 0 Å². The Hall–Kier alpha value is 0.417. The number of ether oxygens (including phenoxy) is 1. The molecule has 0 radical (unpaired) electrons. The normalized spacial score (nSPS) is 25.7. The van der Waals surface area contributed by atoms with Gasteiger partial charge in [0.2, 0.25) is 0 Å². The molecule has 0 N–H and O–H groups in total. The molecule has 1 saturated carbocycles. The third-order valence-electron chi connectivity index (χ3n) is 4.11. The summed E-state index contributed by atoms with van der Waals surface area (Å²) in [5.41, 5.74) is 0. The van der Waals surface area contributed by atoms with Gasteiger partial charge in [-0.25, -0.2) is 0 Å². The Labute approximate surface area is 122 Å². The summed E-state index contributed by atoms with van der Waals surface area (Å²) in [6, 6.07) is 0. The fourth-order valence-electron chi connectivity index (χ4n) is 1.77. The van der Waals surface area contributed by atoms with E-state index in [0.717, 1.165) is 23.8 Å². The van der Waals surface area contributed by atoms with Crippen LogP contribution >= 0.6 is 24.0 Å². The van der Waals surface area contributed by atoms with Crippen LogP contribution in [-0.4, -0.2) is 31.7 Å². The Morgan fingerprint density at radius 1 is 1.33 bits per heavy atom. The molecular formula is C13H28O2S2Si. The van der Waals surface area contributed by atoms with Crippen LogP contribution in [0.3, 0.4) is 0 Å². The SMILES string of the molecule is C[SH2]C(=S)OCC1CC(O[Si](C)(C)C(C)(C)C)C1. The predicted octanol–water partition coefficient (Wildman–Crippen LogP) is 3.92. The summed E-state index contributed by atoms with van der Waals surface area (Å²) >= 11 is 5.70. The Morgan fingerprint density at radius 2 is 1.89 bits per heavy atom. The molecule has 0 saturated heterocycles. The molecule has 0 amide bonds. The fourth-order valence-corrected chi connectivity index (χ4v) is 3.44. The number of hydrogen-bond acceptors (Lipinski definition) is 3. The van der Waals surface area contributed by atoms with Gasteiger partial charge in [0.1, 0.15) is 0 Å². The Kier molecular flexibility index (Phi) is 5.71. The van der Waals surface area contributed by atoms with Crippen molar-refractivity contribution in [1.82, 2.24) is 0 Å². The van der Waals surface area contributed by atoms with E-state index < -0.39 is 8.32 Å². The van der Waals surface area contributed by atoms with Gasteiger partial charge in [0.25, 0.3) is 0 Å². The molecule has 0 atom stereocenters. The molecule has 0 spiro atoms. The van der Waals surface area contributed by atoms with Crippen LogP contribution < -0.4 is 0 Å². The van der Waals surface area contributed by atoms with Crippen molar-refractivity contribution in [2.75, 3.05) is 12.9 Å². The molecule has 1 fully saturated rings. The van der Waals surface area contributed by atoms with Crippen molar-refractivity contribution in [2.45, 2.75) is 57.8 Å². The van der Waals surface area contributed by atoms with Gasteiger partial charge >= 0.3 is 0 Å². The molecule has 0 aromatic heterocycles. The lowest BCUT2D eigenvalue weighted by Crippen LogP contribution is -2.48. The smallest absolute Gasteiger partial charge is 0.196 e. The molecular weight excluding hydrogens is 280 g/mol. The highest BCUT2D eigenvalue weighted by atomic mass is 32.2. The average Bonchev–Trinajstić information content (AvgIpc) is 2.18. The zero-order valence-corrected chi connectivity index (χ0v) is 15.3. The van der Waals surface area contributed by atoms with Crippen molar-refractivity contribution in [1.29, 1.82) is 0 Å². The van der Waals surface area contributed by atoms with Crippen LogP contribution in [0.25, 0.3) is 0 Å². The van der Waals surface area contributed by atoms with Crippen LogP contribution in [0.15, 0.2) is 0 Å². The van der Waals surface area contributed by atoms with Gasteiger partial charge in [-0.2, -0.15) is 11.8 Å². The third-order valence-corrected chi connectivity index (χ3v) is 9.93. The molecule has 0 aromatic rings. The molecule has 1 aliphatic carbocycles. The van der Waals surface area contributed by atoms with Gasteiger partial charge in [-0.05, 0) is 55.4 Å². The maximum Gasteiger partial charge on any atom is 0.196 e. The standard InChI is InChI=1S/C13H28O2S2Si/c1-13(2,3)18(5,6)15-11-7-10(8-11)9-14-12(16)17-4/h10-11H,7-9,17H2,1-6H3. The van der Waals surface area contributed by atoms with Crippen molar-refractivity contribution in [3.63, 3.8) is 0 Å². The molecule has 0 bridgehead atoms. The van der Waals surface area contributed by atoms with Crippen molar-refractivity contribution < 1.29 is 9.16 Å². The first kappa shape index (κ1) is 16.5. The van der Waals surface area contributed by atoms with E-state index in [0.29, 0.717) is 28.8 Å². The van der Waals surface area contributed by atoms with E-state index in [4.69, 9.17) is 21.4 Å². The van der Waals surface area contributed by atoms with Crippen molar-refractivity contribution >= 4 is 36.7 Å². The molecule has 108 valence electrons. The predicted molar refractivity (Wildman–Crippen MR) is 89.6 cm³/mol. The maximum atomic E-state index is 6.35. The zero-order valence-electron chi connectivity index (χ0n) is 12.5. The zero-order chi connectivity index (χ0) is 14.0. The number of hydrogen-bond donors (Lipinski definition) is 0. The highest BCUT2D eigenvalue weighted by Gasteiger charge is 2.42. The Balaban J connectivity index is 2.25. The summed E-state index contributed by atoms with van der Waals surface area (Å²) < 4.78 is 12.7. The maximum absolute atomic E-state index is 6.35. The molecule has 5 heteroatoms. The first-order valence-corrected chi connectivity index (χ1v) is 11.5. The van der Waals surface area contributed by atoms with Crippen molar-refractivity contribution in [2.24, 2.45) is 5.92 Å². The molecule has 2 nitrogen and oxygen atoms in total. The lowest BCUT2D eigenvalue weighted by Gasteiger charge is -2.44. The lowest BCUT2D eigenvalue weighted by atomic mass is 9.83. The van der Waals surface area contributed by atoms with Gasteiger partial charge in [-0.3, -0.25) is 0 Å². The topological polar surface area (TPSA) is 18.5 Å². The van der Waals surface area contributed by atoms with E-state index in [9.17, 15) is 0 Å². The minimum atomic E-state index is -1.58. The van der Waals surface area contributed by atoms with Gasteiger partial charge in [-0.15, -0.1) is 0 Å². The van der Waals surface area contributed by atoms with E-state index in [2.05, 4.69) is 40.1 Å². The van der Waals surface area contributed by atoms with Crippen LogP contribution in [0.2, 0.25) is 18.1 Å². The van der Waals surface area contributed by atoms with Crippen molar-refractivity contribution in [3.8, 4) is 0 Å². The van der Waals surface area contributed by atoms with Gasteiger partial charge in [0.05, 0.1) is 6.61 Å². The quantitative estimate of drug-likeness (QED) is 0.579. The van der Waals surface area contributed by atoms with Crippen LogP contribution in [0.5, 0.6) is 0 Å². The van der Waals surface area contributed by atoms with Crippen LogP contribution in [0, 0.1) is 5.92 Å². The molecule has 0 aromatic carbocycles. The second-order valence-electron chi connectivity index (χ2n) is 6.69. The molecule has 0 aliphatic heterocycles. The number of thiocarbonyl (C=S) groups is 1. The Bertz CT molecular complexity index is 294. The largest absolute Gasteiger partial charge is 0.480 e. The molecule has 0 heterocycles. The van der Waals surface area contributed by atoms with E-state index in [1.807, 2.05) is 0 Å². The van der Waals surface area contributed by atoms with Gasteiger partial charge in [-0.1, -0.05) is 20.8 Å². The summed E-state index contributed by atoms with van der Waals surface area (Å²) in [6.45, 7) is 12.3. The third kappa shape index (κ3) is 4.51. The van der Waals surface area contributed by atoms with Gasteiger partial charge < -0.3 is 9.16 Å². The van der Waals surface area contributed by atoms with E-state index in [1.165, 1.54) is 0 Å². The van der Waals surface area contributed by atoms with Crippen LogP contribution in [-0.2, 0) is 9.16 Å². The van der Waals surface area contributed by atoms with Crippen LogP contribution in [0.1, 0.15) is 33.6 Å². The first-order valence-electron chi connectivity index (χ1n) is 6.68. The highest BCUT2D eigenvalue weighted by Crippen LogP contribution is 2.41. The lowest BCUT2D eigenvalue weighted by molar-refractivity contribution is 0.0279. The Morgan fingerprint density at radius 3 is 2.33 bits per heavy atom. The van der Waals surface area contributed by atoms with Gasteiger partial charge in [0.15, 0.2) is 12.7 Å². The van der Waals surface area contributed by atoms with E-state index >= 15 is 0 Å². The second-order valence-corrected chi connectivity index (χ2v) is 13.1. The average molecular weight is 309 g/mol. The summed E-state index contributed by atoms with van der Waals surface area (Å²) in [4.78, 5) is 0. The van der Waals surface area contributed by atoms with Gasteiger partial charge in [0, 0.05) is 6.10 Å². The summed E-state index contributed by atoms with van der Waals surface area (Å²) in [5, 5.41) is 0.305. The summed E-state index contributed by atoms with van der Waals surface area (Å²) in [6.07, 6.45) is 4.80. The molecule has 1 rings (SSSR count). The summed E-state index contributed by atoms with van der Waals surface area (Å²) in [5.74, 6) is 0.647. The fraction of sp³-hybridized carbons (Fsp3) is 0.923. The minimum absolute atomic E-state index is 0.305. The minimum Gasteiger partial charge on any atom is -0.480 e. The van der Waals surface area contributed by atoms with E-state index in [1.54, 1.807) is 0 Å². The molecule has 1 aliphatic rings. The second kappa shape index (κ2) is 6.24. The van der Waals surface area contributed by atoms with Crippen LogP contribution in [0.4, 0.5) is 0 Å². The monoisotopic (exact) mass is 308 g/mol.